The zero-order valence-corrected chi connectivity index (χ0v) is 9.82. The Morgan fingerprint density at radius 2 is 2.12 bits per heavy atom. The third-order valence-corrected chi connectivity index (χ3v) is 3.04. The normalized spacial score (nSPS) is 22.1. The lowest BCUT2D eigenvalue weighted by atomic mass is 9.91. The topological polar surface area (TPSA) is 101 Å². The summed E-state index contributed by atoms with van der Waals surface area (Å²) < 4.78 is 0. The standard InChI is InChI=1S/C10H20N4O2/c1-10(2,9(16)13-12)6-14-5-3-4-7(14)8(11)15/h7H,3-6,12H2,1-2H3,(H2,11,15)(H,13,16). The highest BCUT2D eigenvalue weighted by molar-refractivity contribution is 5.82. The highest BCUT2D eigenvalue weighted by Gasteiger charge is 2.36. The van der Waals surface area contributed by atoms with Gasteiger partial charge in [-0.15, -0.1) is 0 Å². The Balaban J connectivity index is 2.66. The van der Waals surface area contributed by atoms with E-state index in [1.165, 1.54) is 0 Å². The number of likely N-dealkylation sites (tertiary alicyclic amines) is 1. The van der Waals surface area contributed by atoms with E-state index in [2.05, 4.69) is 5.43 Å². The molecule has 1 heterocycles. The second kappa shape index (κ2) is 4.80. The monoisotopic (exact) mass is 228 g/mol. The van der Waals surface area contributed by atoms with E-state index < -0.39 is 5.41 Å². The molecule has 1 fully saturated rings. The lowest BCUT2D eigenvalue weighted by Crippen LogP contribution is -2.50. The first-order chi connectivity index (χ1) is 7.38. The van der Waals surface area contributed by atoms with Gasteiger partial charge in [-0.05, 0) is 33.2 Å². The van der Waals surface area contributed by atoms with E-state index in [0.29, 0.717) is 6.54 Å². The molecule has 0 aromatic rings. The molecule has 0 saturated carbocycles. The number of primary amides is 1. The highest BCUT2D eigenvalue weighted by atomic mass is 16.2. The number of rotatable bonds is 4. The van der Waals surface area contributed by atoms with E-state index in [1.54, 1.807) is 13.8 Å². The van der Waals surface area contributed by atoms with Gasteiger partial charge < -0.3 is 5.73 Å². The summed E-state index contributed by atoms with van der Waals surface area (Å²) in [4.78, 5) is 24.7. The maximum absolute atomic E-state index is 11.5. The summed E-state index contributed by atoms with van der Waals surface area (Å²) in [5.41, 5.74) is 6.83. The molecule has 0 spiro atoms. The second-order valence-corrected chi connectivity index (χ2v) is 4.89. The molecular formula is C10H20N4O2. The van der Waals surface area contributed by atoms with Crippen molar-refractivity contribution >= 4 is 11.8 Å². The minimum Gasteiger partial charge on any atom is -0.368 e. The smallest absolute Gasteiger partial charge is 0.240 e. The Morgan fingerprint density at radius 1 is 1.50 bits per heavy atom. The van der Waals surface area contributed by atoms with Crippen molar-refractivity contribution in [2.24, 2.45) is 17.0 Å². The molecule has 0 bridgehead atoms. The molecule has 0 radical (unpaired) electrons. The molecule has 1 aliphatic rings. The fourth-order valence-corrected chi connectivity index (χ4v) is 2.11. The van der Waals surface area contributed by atoms with E-state index in [9.17, 15) is 9.59 Å². The third-order valence-electron chi connectivity index (χ3n) is 3.04. The number of hydrogen-bond donors (Lipinski definition) is 3. The van der Waals surface area contributed by atoms with Crippen LogP contribution < -0.4 is 17.0 Å². The highest BCUT2D eigenvalue weighted by Crippen LogP contribution is 2.24. The number of hydrogen-bond acceptors (Lipinski definition) is 4. The van der Waals surface area contributed by atoms with Gasteiger partial charge in [-0.3, -0.25) is 19.9 Å². The van der Waals surface area contributed by atoms with Crippen LogP contribution in [-0.4, -0.2) is 35.8 Å². The van der Waals surface area contributed by atoms with Crippen LogP contribution in [0.15, 0.2) is 0 Å². The van der Waals surface area contributed by atoms with Crippen molar-refractivity contribution in [3.8, 4) is 0 Å². The van der Waals surface area contributed by atoms with Crippen molar-refractivity contribution in [1.29, 1.82) is 0 Å². The van der Waals surface area contributed by atoms with Gasteiger partial charge in [0.2, 0.25) is 11.8 Å². The minimum absolute atomic E-state index is 0.234. The van der Waals surface area contributed by atoms with E-state index in [-0.39, 0.29) is 17.9 Å². The third kappa shape index (κ3) is 2.70. The average molecular weight is 228 g/mol. The Hall–Kier alpha value is -1.14. The van der Waals surface area contributed by atoms with Crippen molar-refractivity contribution in [3.63, 3.8) is 0 Å². The van der Waals surface area contributed by atoms with E-state index in [4.69, 9.17) is 11.6 Å². The Bertz CT molecular complexity index is 291. The largest absolute Gasteiger partial charge is 0.368 e. The molecular weight excluding hydrogens is 208 g/mol. The van der Waals surface area contributed by atoms with Gasteiger partial charge in [-0.25, -0.2) is 5.84 Å². The van der Waals surface area contributed by atoms with Crippen LogP contribution in [0.25, 0.3) is 0 Å². The summed E-state index contributed by atoms with van der Waals surface area (Å²) in [6.07, 6.45) is 1.71. The maximum Gasteiger partial charge on any atom is 0.240 e. The SMILES string of the molecule is CC(C)(CN1CCCC1C(N)=O)C(=O)NN. The van der Waals surface area contributed by atoms with E-state index in [1.807, 2.05) is 4.90 Å². The van der Waals surface area contributed by atoms with Gasteiger partial charge in [0.1, 0.15) is 0 Å². The van der Waals surface area contributed by atoms with Crippen LogP contribution in [0.2, 0.25) is 0 Å². The first-order valence-electron chi connectivity index (χ1n) is 5.43. The number of hydrazine groups is 1. The molecule has 5 N–H and O–H groups in total. The van der Waals surface area contributed by atoms with Gasteiger partial charge in [-0.1, -0.05) is 0 Å². The molecule has 6 nitrogen and oxygen atoms in total. The van der Waals surface area contributed by atoms with Crippen molar-refractivity contribution in [2.75, 3.05) is 13.1 Å². The lowest BCUT2D eigenvalue weighted by Gasteiger charge is -2.31. The van der Waals surface area contributed by atoms with Crippen LogP contribution in [-0.2, 0) is 9.59 Å². The molecule has 1 aliphatic heterocycles. The van der Waals surface area contributed by atoms with Crippen LogP contribution in [0.1, 0.15) is 26.7 Å². The van der Waals surface area contributed by atoms with Crippen LogP contribution in [0.5, 0.6) is 0 Å². The number of nitrogens with two attached hydrogens (primary N) is 2. The predicted molar refractivity (Wildman–Crippen MR) is 59.9 cm³/mol. The van der Waals surface area contributed by atoms with Gasteiger partial charge in [0.05, 0.1) is 11.5 Å². The molecule has 6 heteroatoms. The first kappa shape index (κ1) is 12.9. The van der Waals surface area contributed by atoms with Crippen LogP contribution >= 0.6 is 0 Å². The minimum atomic E-state index is -0.618. The zero-order valence-electron chi connectivity index (χ0n) is 9.82. The fraction of sp³-hybridized carbons (Fsp3) is 0.800. The molecule has 2 amide bonds. The molecule has 0 aliphatic carbocycles. The van der Waals surface area contributed by atoms with Crippen LogP contribution in [0, 0.1) is 5.41 Å². The number of amides is 2. The number of carbonyl (C=O) groups is 2. The fourth-order valence-electron chi connectivity index (χ4n) is 2.11. The van der Waals surface area contributed by atoms with Gasteiger partial charge in [0, 0.05) is 6.54 Å². The lowest BCUT2D eigenvalue weighted by molar-refractivity contribution is -0.132. The zero-order chi connectivity index (χ0) is 12.3. The van der Waals surface area contributed by atoms with Gasteiger partial charge in [0.15, 0.2) is 0 Å². The Kier molecular flexibility index (Phi) is 3.88. The molecule has 1 atom stereocenters. The first-order valence-corrected chi connectivity index (χ1v) is 5.43. The molecule has 0 aromatic carbocycles. The maximum atomic E-state index is 11.5. The predicted octanol–water partition coefficient (Wildman–Crippen LogP) is -1.05. The summed E-state index contributed by atoms with van der Waals surface area (Å²) in [7, 11) is 0. The van der Waals surface area contributed by atoms with Crippen molar-refractivity contribution in [2.45, 2.75) is 32.7 Å². The van der Waals surface area contributed by atoms with Crippen LogP contribution in [0.4, 0.5) is 0 Å². The molecule has 1 rings (SSSR count). The number of nitrogens with one attached hydrogen (secondary N) is 1. The molecule has 92 valence electrons. The Labute approximate surface area is 95.3 Å². The van der Waals surface area contributed by atoms with Crippen molar-refractivity contribution in [3.05, 3.63) is 0 Å². The van der Waals surface area contributed by atoms with Crippen LogP contribution in [0.3, 0.4) is 0 Å². The van der Waals surface area contributed by atoms with E-state index >= 15 is 0 Å². The molecule has 0 aromatic heterocycles. The van der Waals surface area contributed by atoms with Gasteiger partial charge in [-0.2, -0.15) is 0 Å². The summed E-state index contributed by atoms with van der Waals surface area (Å²) in [5.74, 6) is 4.57. The molecule has 1 unspecified atom stereocenters. The van der Waals surface area contributed by atoms with E-state index in [0.717, 1.165) is 19.4 Å². The summed E-state index contributed by atoms with van der Waals surface area (Å²) in [6, 6.07) is -0.246. The van der Waals surface area contributed by atoms with Crippen molar-refractivity contribution < 1.29 is 9.59 Å². The number of carbonyl (C=O) groups excluding carboxylic acids is 2. The Morgan fingerprint density at radius 3 is 2.62 bits per heavy atom. The molecule has 16 heavy (non-hydrogen) atoms. The summed E-state index contributed by atoms with van der Waals surface area (Å²) in [5, 5.41) is 0. The van der Waals surface area contributed by atoms with Crippen molar-refractivity contribution in [1.82, 2.24) is 10.3 Å². The summed E-state index contributed by atoms with van der Waals surface area (Å²) >= 11 is 0. The second-order valence-electron chi connectivity index (χ2n) is 4.89. The van der Waals surface area contributed by atoms with Gasteiger partial charge >= 0.3 is 0 Å². The summed E-state index contributed by atoms with van der Waals surface area (Å²) in [6.45, 7) is 4.88. The quantitative estimate of drug-likeness (QED) is 0.325. The average Bonchev–Trinajstić information content (AvgIpc) is 2.63. The van der Waals surface area contributed by atoms with Gasteiger partial charge in [0.25, 0.3) is 0 Å². The molecule has 1 saturated heterocycles. The number of nitrogens with zero attached hydrogens (tertiary/aromatic N) is 1.